The highest BCUT2D eigenvalue weighted by Gasteiger charge is 2.13. The second-order valence-corrected chi connectivity index (χ2v) is 4.23. The zero-order valence-electron chi connectivity index (χ0n) is 11.4. The predicted octanol–water partition coefficient (Wildman–Crippen LogP) is 1.84. The quantitative estimate of drug-likeness (QED) is 0.627. The monoisotopic (exact) mass is 260 g/mol. The van der Waals surface area contributed by atoms with Crippen molar-refractivity contribution in [1.29, 1.82) is 0 Å². The summed E-state index contributed by atoms with van der Waals surface area (Å²) in [7, 11) is 1.63. The summed E-state index contributed by atoms with van der Waals surface area (Å²) in [5, 5.41) is 2.77. The van der Waals surface area contributed by atoms with Gasteiger partial charge in [0.25, 0.3) is 5.91 Å². The average molecular weight is 260 g/mol. The van der Waals surface area contributed by atoms with Crippen LogP contribution in [-0.4, -0.2) is 36.9 Å². The van der Waals surface area contributed by atoms with Crippen molar-refractivity contribution in [1.82, 2.24) is 10.2 Å². The number of amides is 2. The van der Waals surface area contributed by atoms with Crippen LogP contribution in [0.2, 0.25) is 0 Å². The fourth-order valence-electron chi connectivity index (χ4n) is 1.61. The van der Waals surface area contributed by atoms with Gasteiger partial charge >= 0.3 is 0 Å². The molecular weight excluding hydrogens is 240 g/mol. The summed E-state index contributed by atoms with van der Waals surface area (Å²) in [6, 6.07) is 8.94. The molecule has 0 aliphatic heterocycles. The molecule has 0 aliphatic rings. The van der Waals surface area contributed by atoms with Crippen LogP contribution in [0.1, 0.15) is 23.7 Å². The van der Waals surface area contributed by atoms with Gasteiger partial charge in [0.05, 0.1) is 6.54 Å². The first-order chi connectivity index (χ1) is 9.15. The lowest BCUT2D eigenvalue weighted by Crippen LogP contribution is -2.38. The minimum Gasteiger partial charge on any atom is -0.354 e. The lowest BCUT2D eigenvalue weighted by atomic mass is 10.2. The van der Waals surface area contributed by atoms with E-state index in [0.29, 0.717) is 12.1 Å². The molecular formula is C15H20N2O2. The highest BCUT2D eigenvalue weighted by molar-refractivity contribution is 5.96. The number of nitrogens with one attached hydrogen (secondary N) is 1. The predicted molar refractivity (Wildman–Crippen MR) is 75.8 cm³/mol. The average Bonchev–Trinajstić information content (AvgIpc) is 2.43. The molecule has 1 rings (SSSR count). The Morgan fingerprint density at radius 3 is 2.58 bits per heavy atom. The Morgan fingerprint density at radius 1 is 1.26 bits per heavy atom. The number of allylic oxidation sites excluding steroid dienone is 1. The largest absolute Gasteiger partial charge is 0.354 e. The van der Waals surface area contributed by atoms with Crippen molar-refractivity contribution >= 4 is 11.8 Å². The van der Waals surface area contributed by atoms with Crippen molar-refractivity contribution in [3.05, 3.63) is 48.0 Å². The van der Waals surface area contributed by atoms with Gasteiger partial charge in [-0.05, 0) is 25.5 Å². The lowest BCUT2D eigenvalue weighted by molar-refractivity contribution is -0.121. The highest BCUT2D eigenvalue weighted by Crippen LogP contribution is 2.02. The minimum atomic E-state index is -0.149. The maximum absolute atomic E-state index is 12.0. The molecule has 0 saturated carbocycles. The zero-order valence-corrected chi connectivity index (χ0v) is 11.4. The van der Waals surface area contributed by atoms with Crippen LogP contribution in [0.15, 0.2) is 42.5 Å². The van der Waals surface area contributed by atoms with E-state index >= 15 is 0 Å². The molecule has 19 heavy (non-hydrogen) atoms. The third-order valence-electron chi connectivity index (χ3n) is 2.62. The normalized spacial score (nSPS) is 10.4. The van der Waals surface area contributed by atoms with Crippen molar-refractivity contribution in [3.63, 3.8) is 0 Å². The van der Waals surface area contributed by atoms with E-state index < -0.39 is 0 Å². The molecule has 1 aromatic carbocycles. The number of hydrogen-bond acceptors (Lipinski definition) is 2. The van der Waals surface area contributed by atoms with Crippen LogP contribution in [0.4, 0.5) is 0 Å². The Kier molecular flexibility index (Phi) is 6.36. The molecule has 0 heterocycles. The molecule has 1 aromatic rings. The molecule has 1 N–H and O–H groups in total. The Balaban J connectivity index is 2.40. The Labute approximate surface area is 114 Å². The zero-order chi connectivity index (χ0) is 14.1. The molecule has 102 valence electrons. The summed E-state index contributed by atoms with van der Waals surface area (Å²) >= 11 is 0. The molecule has 4 nitrogen and oxygen atoms in total. The van der Waals surface area contributed by atoms with E-state index in [4.69, 9.17) is 0 Å². The van der Waals surface area contributed by atoms with Crippen LogP contribution in [0.5, 0.6) is 0 Å². The summed E-state index contributed by atoms with van der Waals surface area (Å²) in [5.41, 5.74) is 0.590. The van der Waals surface area contributed by atoms with Crippen molar-refractivity contribution in [3.8, 4) is 0 Å². The first-order valence-corrected chi connectivity index (χ1v) is 6.33. The molecule has 0 atom stereocenters. The maximum atomic E-state index is 12.0. The first kappa shape index (κ1) is 15.0. The number of carbonyl (C=O) groups excluding carboxylic acids is 2. The Morgan fingerprint density at radius 2 is 1.95 bits per heavy atom. The van der Waals surface area contributed by atoms with E-state index in [-0.39, 0.29) is 18.4 Å². The number of benzene rings is 1. The van der Waals surface area contributed by atoms with Gasteiger partial charge < -0.3 is 10.2 Å². The second-order valence-electron chi connectivity index (χ2n) is 4.23. The highest BCUT2D eigenvalue weighted by atomic mass is 16.2. The van der Waals surface area contributed by atoms with Gasteiger partial charge in [0.2, 0.25) is 5.91 Å². The number of likely N-dealkylation sites (N-methyl/N-ethyl adjacent to an activating group) is 1. The first-order valence-electron chi connectivity index (χ1n) is 6.33. The fourth-order valence-corrected chi connectivity index (χ4v) is 1.61. The SMILES string of the molecule is C/C=C/CCNC(=O)CN(C)C(=O)c1ccccc1. The van der Waals surface area contributed by atoms with Gasteiger partial charge in [-0.3, -0.25) is 9.59 Å². The molecule has 4 heteroatoms. The van der Waals surface area contributed by atoms with Crippen LogP contribution in [0, 0.1) is 0 Å². The van der Waals surface area contributed by atoms with Gasteiger partial charge in [-0.1, -0.05) is 30.4 Å². The van der Waals surface area contributed by atoms with E-state index in [0.717, 1.165) is 6.42 Å². The molecule has 0 aromatic heterocycles. The summed E-state index contributed by atoms with van der Waals surface area (Å²) in [5.74, 6) is -0.291. The fraction of sp³-hybridized carbons (Fsp3) is 0.333. The van der Waals surface area contributed by atoms with Crippen molar-refractivity contribution < 1.29 is 9.59 Å². The van der Waals surface area contributed by atoms with Gasteiger partial charge in [-0.15, -0.1) is 0 Å². The molecule has 0 spiro atoms. The van der Waals surface area contributed by atoms with Crippen molar-refractivity contribution in [2.75, 3.05) is 20.1 Å². The summed E-state index contributed by atoms with van der Waals surface area (Å²) in [6.07, 6.45) is 4.73. The molecule has 0 bridgehead atoms. The van der Waals surface area contributed by atoms with Crippen LogP contribution >= 0.6 is 0 Å². The number of carbonyl (C=O) groups is 2. The summed E-state index contributed by atoms with van der Waals surface area (Å²) in [4.78, 5) is 25.0. The van der Waals surface area contributed by atoms with Crippen molar-refractivity contribution in [2.24, 2.45) is 0 Å². The smallest absolute Gasteiger partial charge is 0.254 e. The van der Waals surface area contributed by atoms with E-state index in [1.807, 2.05) is 25.1 Å². The minimum absolute atomic E-state index is 0.0730. The van der Waals surface area contributed by atoms with E-state index in [1.54, 1.807) is 31.3 Å². The second kappa shape index (κ2) is 8.08. The van der Waals surface area contributed by atoms with Crippen LogP contribution < -0.4 is 5.32 Å². The van der Waals surface area contributed by atoms with Crippen LogP contribution in [-0.2, 0) is 4.79 Å². The van der Waals surface area contributed by atoms with Gasteiger partial charge in [-0.2, -0.15) is 0 Å². The topological polar surface area (TPSA) is 49.4 Å². The number of nitrogens with zero attached hydrogens (tertiary/aromatic N) is 1. The van der Waals surface area contributed by atoms with E-state index in [9.17, 15) is 9.59 Å². The third-order valence-corrected chi connectivity index (χ3v) is 2.62. The maximum Gasteiger partial charge on any atom is 0.254 e. The standard InChI is InChI=1S/C15H20N2O2/c1-3-4-8-11-16-14(18)12-17(2)15(19)13-9-6-5-7-10-13/h3-7,9-10H,8,11-12H2,1-2H3,(H,16,18)/b4-3+. The molecule has 0 aliphatic carbocycles. The summed E-state index contributed by atoms with van der Waals surface area (Å²) < 4.78 is 0. The number of rotatable bonds is 6. The molecule has 0 fully saturated rings. The van der Waals surface area contributed by atoms with Crippen LogP contribution in [0.25, 0.3) is 0 Å². The Bertz CT molecular complexity index is 441. The summed E-state index contributed by atoms with van der Waals surface area (Å²) in [6.45, 7) is 2.61. The van der Waals surface area contributed by atoms with Gasteiger partial charge in [0.15, 0.2) is 0 Å². The van der Waals surface area contributed by atoms with E-state index in [1.165, 1.54) is 4.90 Å². The third kappa shape index (κ3) is 5.38. The van der Waals surface area contributed by atoms with Gasteiger partial charge in [0, 0.05) is 19.2 Å². The molecule has 0 unspecified atom stereocenters. The Hall–Kier alpha value is -2.10. The molecule has 2 amide bonds. The van der Waals surface area contributed by atoms with Gasteiger partial charge in [0.1, 0.15) is 0 Å². The van der Waals surface area contributed by atoms with E-state index in [2.05, 4.69) is 5.32 Å². The molecule has 0 saturated heterocycles. The van der Waals surface area contributed by atoms with Crippen LogP contribution in [0.3, 0.4) is 0 Å². The molecule has 0 radical (unpaired) electrons. The van der Waals surface area contributed by atoms with Gasteiger partial charge in [-0.25, -0.2) is 0 Å². The lowest BCUT2D eigenvalue weighted by Gasteiger charge is -2.16. The van der Waals surface area contributed by atoms with Crippen molar-refractivity contribution in [2.45, 2.75) is 13.3 Å². The number of hydrogen-bond donors (Lipinski definition) is 1.